The normalized spacial score (nSPS) is 14.7. The number of carbonyl (C=O) groups excluding carboxylic acids is 2. The van der Waals surface area contributed by atoms with Gasteiger partial charge in [-0.2, -0.15) is 0 Å². The van der Waals surface area contributed by atoms with Crippen molar-refractivity contribution in [3.63, 3.8) is 0 Å². The van der Waals surface area contributed by atoms with Crippen molar-refractivity contribution in [1.82, 2.24) is 10.2 Å². The topological polar surface area (TPSA) is 49.4 Å². The summed E-state index contributed by atoms with van der Waals surface area (Å²) in [4.78, 5) is 29.6. The molecule has 1 fully saturated rings. The number of hydrogen-bond donors (Lipinski definition) is 1. The summed E-state index contributed by atoms with van der Waals surface area (Å²) in [6, 6.07) is 23.8. The van der Waals surface area contributed by atoms with E-state index in [4.69, 9.17) is 0 Å². The van der Waals surface area contributed by atoms with E-state index in [9.17, 15) is 9.59 Å². The first-order valence-corrected chi connectivity index (χ1v) is 14.1. The molecule has 0 spiro atoms. The molecule has 1 aliphatic carbocycles. The summed E-state index contributed by atoms with van der Waals surface area (Å²) in [5.74, 6) is -0.0952. The number of hydrogen-bond acceptors (Lipinski definition) is 2. The lowest BCUT2D eigenvalue weighted by atomic mass is 9.94. The van der Waals surface area contributed by atoms with Gasteiger partial charge in [0, 0.05) is 23.5 Å². The molecule has 194 valence electrons. The van der Waals surface area contributed by atoms with Gasteiger partial charge in [0.05, 0.1) is 6.42 Å². The Hall–Kier alpha value is -2.92. The fraction of sp³-hybridized carbons (Fsp3) is 0.375. The van der Waals surface area contributed by atoms with Gasteiger partial charge in [0.15, 0.2) is 0 Å². The minimum atomic E-state index is -0.595. The average molecular weight is 562 g/mol. The molecular formula is C32H37BrN2O2. The van der Waals surface area contributed by atoms with Crippen molar-refractivity contribution in [3.8, 4) is 0 Å². The van der Waals surface area contributed by atoms with Crippen LogP contribution in [0, 0.1) is 13.8 Å². The fourth-order valence-corrected chi connectivity index (χ4v) is 5.57. The van der Waals surface area contributed by atoms with Crippen LogP contribution in [0.2, 0.25) is 0 Å². The van der Waals surface area contributed by atoms with Gasteiger partial charge < -0.3 is 10.2 Å². The first-order valence-electron chi connectivity index (χ1n) is 13.3. The highest BCUT2D eigenvalue weighted by atomic mass is 79.9. The molecule has 3 aromatic rings. The van der Waals surface area contributed by atoms with Crippen LogP contribution in [0.1, 0.15) is 59.9 Å². The second-order valence-electron chi connectivity index (χ2n) is 10.3. The number of nitrogens with one attached hydrogen (secondary N) is 1. The summed E-state index contributed by atoms with van der Waals surface area (Å²) < 4.78 is 0.956. The molecule has 1 atom stereocenters. The first-order chi connectivity index (χ1) is 17.9. The summed E-state index contributed by atoms with van der Waals surface area (Å²) in [5, 5.41) is 3.31. The molecule has 1 unspecified atom stereocenters. The number of nitrogens with zero attached hydrogens (tertiary/aromatic N) is 1. The minimum Gasteiger partial charge on any atom is -0.352 e. The number of rotatable bonds is 9. The van der Waals surface area contributed by atoms with Gasteiger partial charge in [-0.25, -0.2) is 0 Å². The molecule has 4 nitrogen and oxygen atoms in total. The van der Waals surface area contributed by atoms with Crippen molar-refractivity contribution < 1.29 is 9.59 Å². The zero-order chi connectivity index (χ0) is 26.2. The molecule has 0 aromatic heterocycles. The molecule has 0 radical (unpaired) electrons. The van der Waals surface area contributed by atoms with Crippen molar-refractivity contribution in [2.45, 2.75) is 77.4 Å². The highest BCUT2D eigenvalue weighted by molar-refractivity contribution is 9.10. The predicted octanol–water partition coefficient (Wildman–Crippen LogP) is 6.70. The van der Waals surface area contributed by atoms with Gasteiger partial charge in [0.1, 0.15) is 6.04 Å². The van der Waals surface area contributed by atoms with Gasteiger partial charge in [0.25, 0.3) is 0 Å². The second kappa shape index (κ2) is 13.0. The second-order valence-corrected chi connectivity index (χ2v) is 11.2. The maximum Gasteiger partial charge on any atom is 0.243 e. The molecule has 1 saturated carbocycles. The average Bonchev–Trinajstić information content (AvgIpc) is 2.89. The molecule has 5 heteroatoms. The van der Waals surface area contributed by atoms with E-state index in [2.05, 4.69) is 47.2 Å². The molecule has 0 saturated heterocycles. The van der Waals surface area contributed by atoms with Gasteiger partial charge in [-0.1, -0.05) is 95.9 Å². The summed E-state index contributed by atoms with van der Waals surface area (Å²) in [5.41, 5.74) is 5.38. The Labute approximate surface area is 229 Å². The highest BCUT2D eigenvalue weighted by Gasteiger charge is 2.32. The van der Waals surface area contributed by atoms with Crippen LogP contribution in [0.25, 0.3) is 0 Å². The maximum absolute atomic E-state index is 14.0. The fourth-order valence-electron chi connectivity index (χ4n) is 5.12. The summed E-state index contributed by atoms with van der Waals surface area (Å²) in [6.45, 7) is 4.52. The predicted molar refractivity (Wildman–Crippen MR) is 153 cm³/mol. The summed E-state index contributed by atoms with van der Waals surface area (Å²) >= 11 is 3.56. The van der Waals surface area contributed by atoms with E-state index in [0.717, 1.165) is 46.8 Å². The minimum absolute atomic E-state index is 0.0389. The summed E-state index contributed by atoms with van der Waals surface area (Å²) in [6.07, 6.45) is 6.26. The van der Waals surface area contributed by atoms with E-state index < -0.39 is 6.04 Å². The third-order valence-electron chi connectivity index (χ3n) is 7.39. The zero-order valence-electron chi connectivity index (χ0n) is 21.9. The van der Waals surface area contributed by atoms with E-state index in [-0.39, 0.29) is 24.3 Å². The largest absolute Gasteiger partial charge is 0.352 e. The van der Waals surface area contributed by atoms with Crippen molar-refractivity contribution in [2.75, 3.05) is 0 Å². The Balaban J connectivity index is 1.66. The third kappa shape index (κ3) is 7.78. The van der Waals surface area contributed by atoms with Crippen LogP contribution >= 0.6 is 15.9 Å². The van der Waals surface area contributed by atoms with Gasteiger partial charge in [-0.3, -0.25) is 9.59 Å². The molecule has 2 amide bonds. The Morgan fingerprint density at radius 1 is 0.865 bits per heavy atom. The Morgan fingerprint density at radius 2 is 1.59 bits per heavy atom. The quantitative estimate of drug-likeness (QED) is 0.316. The lowest BCUT2D eigenvalue weighted by Crippen LogP contribution is -2.53. The Kier molecular flexibility index (Phi) is 9.56. The van der Waals surface area contributed by atoms with Crippen LogP contribution in [0.4, 0.5) is 0 Å². The van der Waals surface area contributed by atoms with Crippen LogP contribution < -0.4 is 5.32 Å². The molecule has 1 N–H and O–H groups in total. The lowest BCUT2D eigenvalue weighted by molar-refractivity contribution is -0.141. The molecule has 37 heavy (non-hydrogen) atoms. The van der Waals surface area contributed by atoms with Gasteiger partial charge in [-0.15, -0.1) is 0 Å². The molecule has 0 aliphatic heterocycles. The van der Waals surface area contributed by atoms with Crippen LogP contribution in [0.3, 0.4) is 0 Å². The number of halogens is 1. The Morgan fingerprint density at radius 3 is 2.30 bits per heavy atom. The van der Waals surface area contributed by atoms with E-state index in [1.165, 1.54) is 17.5 Å². The molecule has 3 aromatic carbocycles. The standard InChI is InChI=1S/C32H37BrN2O2/c1-23-16-17-26(18-24(23)2)21-31(36)35(22-27-12-9-13-28(33)19-27)30(20-25-10-5-3-6-11-25)32(37)34-29-14-7-4-8-15-29/h3,5-6,9-13,16-19,29-30H,4,7-8,14-15,20-22H2,1-2H3,(H,34,37). The number of aryl methyl sites for hydroxylation is 2. The number of carbonyl (C=O) groups is 2. The molecule has 0 bridgehead atoms. The van der Waals surface area contributed by atoms with Crippen LogP contribution in [-0.2, 0) is 29.0 Å². The maximum atomic E-state index is 14.0. The van der Waals surface area contributed by atoms with E-state index in [1.807, 2.05) is 60.7 Å². The highest BCUT2D eigenvalue weighted by Crippen LogP contribution is 2.22. The van der Waals surface area contributed by atoms with Crippen LogP contribution in [0.15, 0.2) is 77.3 Å². The molecule has 0 heterocycles. The number of amides is 2. The van der Waals surface area contributed by atoms with Crippen LogP contribution in [0.5, 0.6) is 0 Å². The van der Waals surface area contributed by atoms with E-state index in [1.54, 1.807) is 4.90 Å². The SMILES string of the molecule is Cc1ccc(CC(=O)N(Cc2cccc(Br)c2)C(Cc2ccccc2)C(=O)NC2CCCCC2)cc1C. The number of benzene rings is 3. The zero-order valence-corrected chi connectivity index (χ0v) is 23.5. The van der Waals surface area contributed by atoms with Gasteiger partial charge in [0.2, 0.25) is 11.8 Å². The molecule has 4 rings (SSSR count). The first kappa shape index (κ1) is 27.1. The van der Waals surface area contributed by atoms with Crippen molar-refractivity contribution in [3.05, 3.63) is 105 Å². The third-order valence-corrected chi connectivity index (χ3v) is 7.88. The Bertz CT molecular complexity index is 1200. The van der Waals surface area contributed by atoms with Crippen LogP contribution in [-0.4, -0.2) is 28.8 Å². The van der Waals surface area contributed by atoms with E-state index >= 15 is 0 Å². The molecule has 1 aliphatic rings. The van der Waals surface area contributed by atoms with E-state index in [0.29, 0.717) is 13.0 Å². The summed E-state index contributed by atoms with van der Waals surface area (Å²) in [7, 11) is 0. The van der Waals surface area contributed by atoms with Gasteiger partial charge >= 0.3 is 0 Å². The van der Waals surface area contributed by atoms with Gasteiger partial charge in [-0.05, 0) is 66.6 Å². The van der Waals surface area contributed by atoms with Crippen molar-refractivity contribution in [2.24, 2.45) is 0 Å². The lowest BCUT2D eigenvalue weighted by Gasteiger charge is -2.33. The smallest absolute Gasteiger partial charge is 0.243 e. The molecular weight excluding hydrogens is 524 g/mol. The van der Waals surface area contributed by atoms with Crippen molar-refractivity contribution >= 4 is 27.7 Å². The monoisotopic (exact) mass is 560 g/mol. The van der Waals surface area contributed by atoms with Crippen molar-refractivity contribution in [1.29, 1.82) is 0 Å².